The van der Waals surface area contributed by atoms with Crippen molar-refractivity contribution < 1.29 is 4.79 Å². The van der Waals surface area contributed by atoms with Crippen LogP contribution in [0.3, 0.4) is 0 Å². The van der Waals surface area contributed by atoms with Crippen LogP contribution in [0.15, 0.2) is 24.3 Å². The van der Waals surface area contributed by atoms with Gasteiger partial charge in [-0.15, -0.1) is 12.4 Å². The van der Waals surface area contributed by atoms with Crippen molar-refractivity contribution in [1.82, 2.24) is 5.32 Å². The van der Waals surface area contributed by atoms with Crippen LogP contribution in [0.25, 0.3) is 0 Å². The second-order valence-corrected chi connectivity index (χ2v) is 6.42. The monoisotopic (exact) mass is 324 g/mol. The number of nitrogens with one attached hydrogen (secondary N) is 1. The molecule has 1 aromatic carbocycles. The van der Waals surface area contributed by atoms with Crippen molar-refractivity contribution in [2.45, 2.75) is 58.5 Å². The van der Waals surface area contributed by atoms with E-state index in [2.05, 4.69) is 19.2 Å². The molecule has 0 aromatic heterocycles. The molecule has 3 nitrogen and oxygen atoms in total. The lowest BCUT2D eigenvalue weighted by molar-refractivity contribution is 0.0912. The van der Waals surface area contributed by atoms with Gasteiger partial charge in [0.25, 0.3) is 5.91 Å². The number of carbonyl (C=O) groups excluding carboxylic acids is 1. The van der Waals surface area contributed by atoms with Gasteiger partial charge in [0.2, 0.25) is 0 Å². The molecule has 3 N–H and O–H groups in total. The first kappa shape index (κ1) is 19.0. The Morgan fingerprint density at radius 1 is 1.18 bits per heavy atom. The van der Waals surface area contributed by atoms with E-state index in [1.807, 2.05) is 24.3 Å². The van der Waals surface area contributed by atoms with Gasteiger partial charge >= 0.3 is 0 Å². The molecule has 2 unspecified atom stereocenters. The number of hydrogen-bond donors (Lipinski definition) is 2. The molecule has 2 atom stereocenters. The minimum atomic E-state index is 0. The lowest BCUT2D eigenvalue weighted by Crippen LogP contribution is -2.40. The summed E-state index contributed by atoms with van der Waals surface area (Å²) in [5.74, 6) is 1.32. The van der Waals surface area contributed by atoms with Crippen molar-refractivity contribution in [3.63, 3.8) is 0 Å². The Kier molecular flexibility index (Phi) is 7.91. The molecule has 0 radical (unpaired) electrons. The molecule has 0 spiro atoms. The molecule has 124 valence electrons. The first-order valence-electron chi connectivity index (χ1n) is 8.21. The summed E-state index contributed by atoms with van der Waals surface area (Å²) < 4.78 is 0. The largest absolute Gasteiger partial charge is 0.349 e. The minimum Gasteiger partial charge on any atom is -0.349 e. The molecule has 4 heteroatoms. The Labute approximate surface area is 140 Å². The summed E-state index contributed by atoms with van der Waals surface area (Å²) in [6.45, 7) is 4.92. The van der Waals surface area contributed by atoms with Crippen LogP contribution in [0.5, 0.6) is 0 Å². The van der Waals surface area contributed by atoms with Crippen LogP contribution >= 0.6 is 12.4 Å². The molecule has 1 saturated carbocycles. The highest BCUT2D eigenvalue weighted by atomic mass is 35.5. The lowest BCUT2D eigenvalue weighted by Gasteiger charge is -2.32. The Hall–Kier alpha value is -1.06. The molecule has 1 aliphatic rings. The fourth-order valence-electron chi connectivity index (χ4n) is 3.28. The minimum absolute atomic E-state index is 0. The molecule has 1 aliphatic carbocycles. The highest BCUT2D eigenvalue weighted by Gasteiger charge is 2.25. The van der Waals surface area contributed by atoms with Crippen LogP contribution in [0.4, 0.5) is 0 Å². The molecule has 0 heterocycles. The average Bonchev–Trinajstić information content (AvgIpc) is 2.55. The summed E-state index contributed by atoms with van der Waals surface area (Å²) in [7, 11) is 0. The van der Waals surface area contributed by atoms with E-state index in [4.69, 9.17) is 5.73 Å². The van der Waals surface area contributed by atoms with Gasteiger partial charge in [0.15, 0.2) is 0 Å². The second kappa shape index (κ2) is 9.16. The van der Waals surface area contributed by atoms with E-state index < -0.39 is 0 Å². The first-order chi connectivity index (χ1) is 10.1. The fraction of sp³-hybridized carbons (Fsp3) is 0.611. The summed E-state index contributed by atoms with van der Waals surface area (Å²) in [6.07, 6.45) is 6.68. The molecule has 0 bridgehead atoms. The van der Waals surface area contributed by atoms with Gasteiger partial charge < -0.3 is 11.1 Å². The number of halogens is 1. The number of nitrogens with two attached hydrogens (primary N) is 1. The van der Waals surface area contributed by atoms with E-state index in [0.717, 1.165) is 17.0 Å². The maximum Gasteiger partial charge on any atom is 0.251 e. The highest BCUT2D eigenvalue weighted by molar-refractivity contribution is 5.94. The number of carbonyl (C=O) groups is 1. The third-order valence-electron chi connectivity index (χ3n) is 4.99. The zero-order valence-corrected chi connectivity index (χ0v) is 14.5. The smallest absolute Gasteiger partial charge is 0.251 e. The third-order valence-corrected chi connectivity index (χ3v) is 4.99. The Bertz CT molecular complexity index is 455. The quantitative estimate of drug-likeness (QED) is 0.863. The molecule has 0 aliphatic heterocycles. The van der Waals surface area contributed by atoms with Crippen molar-refractivity contribution in [2.75, 3.05) is 0 Å². The topological polar surface area (TPSA) is 55.1 Å². The zero-order chi connectivity index (χ0) is 15.2. The van der Waals surface area contributed by atoms with Crippen LogP contribution in [0, 0.1) is 11.8 Å². The lowest BCUT2D eigenvalue weighted by atomic mass is 9.78. The normalized spacial score (nSPS) is 18.1. The van der Waals surface area contributed by atoms with Gasteiger partial charge in [-0.05, 0) is 36.5 Å². The standard InChI is InChI=1S/C18H28N2O.ClH/c1-13(16-6-4-3-5-7-16)14(2)20-18(21)17-10-8-15(12-19)9-11-17;/h8-11,13-14,16H,3-7,12,19H2,1-2H3,(H,20,21);1H. The fourth-order valence-corrected chi connectivity index (χ4v) is 3.28. The van der Waals surface area contributed by atoms with E-state index in [9.17, 15) is 4.79 Å². The van der Waals surface area contributed by atoms with E-state index in [0.29, 0.717) is 12.5 Å². The van der Waals surface area contributed by atoms with Gasteiger partial charge in [-0.25, -0.2) is 0 Å². The van der Waals surface area contributed by atoms with Crippen LogP contribution in [0.1, 0.15) is 61.9 Å². The van der Waals surface area contributed by atoms with E-state index in [-0.39, 0.29) is 24.4 Å². The zero-order valence-electron chi connectivity index (χ0n) is 13.7. The van der Waals surface area contributed by atoms with E-state index in [1.54, 1.807) is 0 Å². The van der Waals surface area contributed by atoms with Gasteiger partial charge in [0.1, 0.15) is 0 Å². The molecule has 2 rings (SSSR count). The average molecular weight is 325 g/mol. The van der Waals surface area contributed by atoms with Gasteiger partial charge in [0.05, 0.1) is 0 Å². The van der Waals surface area contributed by atoms with Gasteiger partial charge in [-0.3, -0.25) is 4.79 Å². The SMILES string of the molecule is CC(NC(=O)c1ccc(CN)cc1)C(C)C1CCCCC1.Cl. The Morgan fingerprint density at radius 3 is 2.32 bits per heavy atom. The van der Waals surface area contributed by atoms with Gasteiger partial charge in [-0.1, -0.05) is 51.2 Å². The Balaban J connectivity index is 0.00000242. The number of benzene rings is 1. The van der Waals surface area contributed by atoms with Crippen molar-refractivity contribution in [1.29, 1.82) is 0 Å². The van der Waals surface area contributed by atoms with Crippen molar-refractivity contribution in [2.24, 2.45) is 17.6 Å². The van der Waals surface area contributed by atoms with Crippen LogP contribution in [-0.4, -0.2) is 11.9 Å². The molecular weight excluding hydrogens is 296 g/mol. The first-order valence-corrected chi connectivity index (χ1v) is 8.21. The Morgan fingerprint density at radius 2 is 1.77 bits per heavy atom. The predicted octanol–water partition coefficient (Wildman–Crippen LogP) is 3.90. The summed E-state index contributed by atoms with van der Waals surface area (Å²) in [5.41, 5.74) is 7.35. The van der Waals surface area contributed by atoms with Gasteiger partial charge in [0, 0.05) is 18.2 Å². The van der Waals surface area contributed by atoms with Crippen molar-refractivity contribution in [3.05, 3.63) is 35.4 Å². The molecule has 1 fully saturated rings. The predicted molar refractivity (Wildman–Crippen MR) is 94.2 cm³/mol. The molecule has 1 aromatic rings. The maximum absolute atomic E-state index is 12.3. The maximum atomic E-state index is 12.3. The van der Waals surface area contributed by atoms with E-state index in [1.165, 1.54) is 32.1 Å². The van der Waals surface area contributed by atoms with Crippen LogP contribution in [-0.2, 0) is 6.54 Å². The highest BCUT2D eigenvalue weighted by Crippen LogP contribution is 2.31. The summed E-state index contributed by atoms with van der Waals surface area (Å²) in [4.78, 5) is 12.3. The number of amides is 1. The summed E-state index contributed by atoms with van der Waals surface area (Å²) in [5, 5.41) is 3.16. The van der Waals surface area contributed by atoms with Crippen molar-refractivity contribution >= 4 is 18.3 Å². The molecule has 1 amide bonds. The van der Waals surface area contributed by atoms with E-state index >= 15 is 0 Å². The summed E-state index contributed by atoms with van der Waals surface area (Å²) >= 11 is 0. The van der Waals surface area contributed by atoms with Crippen LogP contribution < -0.4 is 11.1 Å². The second-order valence-electron chi connectivity index (χ2n) is 6.42. The third kappa shape index (κ3) is 4.99. The molecular formula is C18H29ClN2O. The number of rotatable bonds is 5. The number of hydrogen-bond acceptors (Lipinski definition) is 2. The van der Waals surface area contributed by atoms with Crippen molar-refractivity contribution in [3.8, 4) is 0 Å². The molecule has 22 heavy (non-hydrogen) atoms. The molecule has 0 saturated heterocycles. The van der Waals surface area contributed by atoms with Gasteiger partial charge in [-0.2, -0.15) is 0 Å². The summed E-state index contributed by atoms with van der Waals surface area (Å²) in [6, 6.07) is 7.77. The van der Waals surface area contributed by atoms with Crippen LogP contribution in [0.2, 0.25) is 0 Å².